The average Bonchev–Trinajstić information content (AvgIpc) is 2.85. The third-order valence-corrected chi connectivity index (χ3v) is 8.40. The quantitative estimate of drug-likeness (QED) is 0.557. The number of nitrogens with two attached hydrogens (primary N) is 1. The molecule has 2 N–H and O–H groups in total. The summed E-state index contributed by atoms with van der Waals surface area (Å²) in [6, 6.07) is 20.2. The molecule has 0 aromatic heterocycles. The van der Waals surface area contributed by atoms with Gasteiger partial charge in [0.2, 0.25) is 5.91 Å². The van der Waals surface area contributed by atoms with Crippen molar-refractivity contribution in [2.45, 2.75) is 56.9 Å². The lowest BCUT2D eigenvalue weighted by Crippen LogP contribution is -2.57. The van der Waals surface area contributed by atoms with Crippen molar-refractivity contribution in [1.82, 2.24) is 4.90 Å². The van der Waals surface area contributed by atoms with Crippen molar-refractivity contribution in [2.75, 3.05) is 13.2 Å². The maximum atomic E-state index is 13.6. The molecule has 4 atom stereocenters. The Hall–Kier alpha value is -3.15. The van der Waals surface area contributed by atoms with E-state index in [9.17, 15) is 14.4 Å². The van der Waals surface area contributed by atoms with E-state index in [1.807, 2.05) is 36.4 Å². The van der Waals surface area contributed by atoms with Crippen LogP contribution in [0.2, 0.25) is 0 Å². The molecular formula is C29H34N2O4. The highest BCUT2D eigenvalue weighted by molar-refractivity contribution is 5.84. The molecule has 4 aliphatic carbocycles. The van der Waals surface area contributed by atoms with Crippen LogP contribution in [0, 0.1) is 17.3 Å². The largest absolute Gasteiger partial charge is 0.455 e. The topological polar surface area (TPSA) is 89.7 Å². The van der Waals surface area contributed by atoms with Crippen LogP contribution in [0.3, 0.4) is 0 Å². The van der Waals surface area contributed by atoms with Gasteiger partial charge in [-0.05, 0) is 66.9 Å². The standard InChI is InChI=1S/C29H34N2O4/c30-25(32)11-12-31(18-21-7-3-1-4-8-21)26(33)19-35-27(34)29-16-22-13-23(17-29)15-28(14-22,20-29)24-9-5-2-6-10-24/h1-10,22-23H,11-20H2,(H2,30,32)/t22-,23+,28?,29?. The Balaban J connectivity index is 1.28. The number of amides is 2. The van der Waals surface area contributed by atoms with Gasteiger partial charge in [0.15, 0.2) is 6.61 Å². The van der Waals surface area contributed by atoms with Gasteiger partial charge in [-0.3, -0.25) is 14.4 Å². The van der Waals surface area contributed by atoms with Crippen LogP contribution < -0.4 is 5.73 Å². The number of carbonyl (C=O) groups excluding carboxylic acids is 3. The zero-order chi connectivity index (χ0) is 24.5. The summed E-state index contributed by atoms with van der Waals surface area (Å²) in [5, 5.41) is 0. The fourth-order valence-electron chi connectivity index (χ4n) is 7.34. The van der Waals surface area contributed by atoms with Crippen molar-refractivity contribution in [3.8, 4) is 0 Å². The first-order valence-corrected chi connectivity index (χ1v) is 12.7. The summed E-state index contributed by atoms with van der Waals surface area (Å²) >= 11 is 0. The number of nitrogens with zero attached hydrogens (tertiary/aromatic N) is 1. The summed E-state index contributed by atoms with van der Waals surface area (Å²) in [5.41, 5.74) is 7.14. The van der Waals surface area contributed by atoms with E-state index in [1.54, 1.807) is 4.90 Å². The smallest absolute Gasteiger partial charge is 0.312 e. The molecule has 0 heterocycles. The third-order valence-electron chi connectivity index (χ3n) is 8.40. The molecule has 6 rings (SSSR count). The molecular weight excluding hydrogens is 440 g/mol. The van der Waals surface area contributed by atoms with E-state index in [0.717, 1.165) is 37.7 Å². The first-order chi connectivity index (χ1) is 16.9. The van der Waals surface area contributed by atoms with E-state index in [2.05, 4.69) is 24.3 Å². The number of esters is 1. The molecule has 4 aliphatic rings. The molecule has 184 valence electrons. The number of primary amides is 1. The van der Waals surface area contributed by atoms with Gasteiger partial charge in [0.05, 0.1) is 5.41 Å². The van der Waals surface area contributed by atoms with Crippen molar-refractivity contribution in [3.05, 3.63) is 71.8 Å². The van der Waals surface area contributed by atoms with Crippen LogP contribution in [0.25, 0.3) is 0 Å². The molecule has 4 bridgehead atoms. The molecule has 2 amide bonds. The van der Waals surface area contributed by atoms with E-state index in [0.29, 0.717) is 18.4 Å². The van der Waals surface area contributed by atoms with Gasteiger partial charge in [-0.15, -0.1) is 0 Å². The minimum absolute atomic E-state index is 0.0369. The Labute approximate surface area is 206 Å². The predicted molar refractivity (Wildman–Crippen MR) is 132 cm³/mol. The highest BCUT2D eigenvalue weighted by Crippen LogP contribution is 2.66. The SMILES string of the molecule is NC(=O)CCN(Cc1ccccc1)C(=O)COC(=O)C12C[C@H]3C[C@@H](C1)CC(c1ccccc1)(C3)C2. The van der Waals surface area contributed by atoms with E-state index in [4.69, 9.17) is 10.5 Å². The van der Waals surface area contributed by atoms with Crippen molar-refractivity contribution >= 4 is 17.8 Å². The highest BCUT2D eigenvalue weighted by atomic mass is 16.5. The Morgan fingerprint density at radius 3 is 2.17 bits per heavy atom. The zero-order valence-electron chi connectivity index (χ0n) is 20.2. The third kappa shape index (κ3) is 4.84. The van der Waals surface area contributed by atoms with Crippen LogP contribution in [-0.2, 0) is 31.1 Å². The van der Waals surface area contributed by atoms with Crippen LogP contribution in [0.1, 0.15) is 56.1 Å². The van der Waals surface area contributed by atoms with Crippen molar-refractivity contribution < 1.29 is 19.1 Å². The lowest BCUT2D eigenvalue weighted by Gasteiger charge is -2.61. The molecule has 4 fully saturated rings. The van der Waals surface area contributed by atoms with Gasteiger partial charge in [0.1, 0.15) is 0 Å². The minimum atomic E-state index is -0.502. The Bertz CT molecular complexity index is 1070. The first-order valence-electron chi connectivity index (χ1n) is 12.7. The van der Waals surface area contributed by atoms with Gasteiger partial charge in [0, 0.05) is 19.5 Å². The maximum Gasteiger partial charge on any atom is 0.312 e. The van der Waals surface area contributed by atoms with Gasteiger partial charge < -0.3 is 15.4 Å². The normalized spacial score (nSPS) is 28.5. The predicted octanol–water partition coefficient (Wildman–Crippen LogP) is 3.97. The van der Waals surface area contributed by atoms with Crippen molar-refractivity contribution in [2.24, 2.45) is 23.0 Å². The van der Waals surface area contributed by atoms with Crippen LogP contribution in [0.4, 0.5) is 0 Å². The molecule has 2 aromatic rings. The van der Waals surface area contributed by atoms with Gasteiger partial charge in [-0.1, -0.05) is 60.7 Å². The Kier molecular flexibility index (Phi) is 6.39. The molecule has 6 nitrogen and oxygen atoms in total. The number of hydrogen-bond donors (Lipinski definition) is 1. The molecule has 4 saturated carbocycles. The molecule has 35 heavy (non-hydrogen) atoms. The van der Waals surface area contributed by atoms with E-state index in [1.165, 1.54) is 12.0 Å². The maximum absolute atomic E-state index is 13.6. The summed E-state index contributed by atoms with van der Waals surface area (Å²) in [4.78, 5) is 39.5. The summed E-state index contributed by atoms with van der Waals surface area (Å²) in [6.45, 7) is 0.240. The fourth-order valence-corrected chi connectivity index (χ4v) is 7.34. The highest BCUT2D eigenvalue weighted by Gasteiger charge is 2.61. The van der Waals surface area contributed by atoms with E-state index < -0.39 is 11.3 Å². The average molecular weight is 475 g/mol. The first kappa shape index (κ1) is 23.6. The lowest BCUT2D eigenvalue weighted by atomic mass is 9.43. The summed E-state index contributed by atoms with van der Waals surface area (Å²) in [5.74, 6) is 0.0723. The summed E-state index contributed by atoms with van der Waals surface area (Å²) in [6.07, 6.45) is 6.07. The molecule has 0 radical (unpaired) electrons. The second-order valence-electron chi connectivity index (χ2n) is 11.0. The van der Waals surface area contributed by atoms with Gasteiger partial charge in [-0.2, -0.15) is 0 Å². The summed E-state index contributed by atoms with van der Waals surface area (Å²) in [7, 11) is 0. The van der Waals surface area contributed by atoms with Crippen LogP contribution in [0.5, 0.6) is 0 Å². The number of ether oxygens (including phenoxy) is 1. The fraction of sp³-hybridized carbons (Fsp3) is 0.483. The van der Waals surface area contributed by atoms with E-state index >= 15 is 0 Å². The monoisotopic (exact) mass is 474 g/mol. The second-order valence-corrected chi connectivity index (χ2v) is 11.0. The summed E-state index contributed by atoms with van der Waals surface area (Å²) < 4.78 is 5.75. The second kappa shape index (κ2) is 9.48. The van der Waals surface area contributed by atoms with Crippen LogP contribution >= 0.6 is 0 Å². The molecule has 2 aromatic carbocycles. The molecule has 0 spiro atoms. The van der Waals surface area contributed by atoms with Gasteiger partial charge >= 0.3 is 5.97 Å². The Morgan fingerprint density at radius 1 is 0.914 bits per heavy atom. The number of carbonyl (C=O) groups is 3. The van der Waals surface area contributed by atoms with Gasteiger partial charge in [0.25, 0.3) is 5.91 Å². The number of benzene rings is 2. The van der Waals surface area contributed by atoms with Crippen molar-refractivity contribution in [1.29, 1.82) is 0 Å². The number of hydrogen-bond acceptors (Lipinski definition) is 4. The van der Waals surface area contributed by atoms with Crippen molar-refractivity contribution in [3.63, 3.8) is 0 Å². The lowest BCUT2D eigenvalue weighted by molar-refractivity contribution is -0.176. The minimum Gasteiger partial charge on any atom is -0.455 e. The number of rotatable bonds is 9. The zero-order valence-corrected chi connectivity index (χ0v) is 20.2. The Morgan fingerprint density at radius 2 is 1.54 bits per heavy atom. The van der Waals surface area contributed by atoms with Gasteiger partial charge in [-0.25, -0.2) is 0 Å². The molecule has 0 aliphatic heterocycles. The molecule has 0 saturated heterocycles. The van der Waals surface area contributed by atoms with E-state index in [-0.39, 0.29) is 36.9 Å². The van der Waals surface area contributed by atoms with Crippen LogP contribution in [0.15, 0.2) is 60.7 Å². The molecule has 2 unspecified atom stereocenters. The van der Waals surface area contributed by atoms with Crippen LogP contribution in [-0.4, -0.2) is 35.8 Å². The molecule has 6 heteroatoms.